The van der Waals surface area contributed by atoms with Gasteiger partial charge in [-0.15, -0.1) is 0 Å². The van der Waals surface area contributed by atoms with Gasteiger partial charge in [-0.05, 0) is 18.4 Å². The molecule has 0 aromatic heterocycles. The minimum absolute atomic E-state index is 0.105. The van der Waals surface area contributed by atoms with Crippen LogP contribution in [0, 0.1) is 0 Å². The molecule has 0 saturated carbocycles. The molecule has 1 aromatic rings. The van der Waals surface area contributed by atoms with E-state index in [2.05, 4.69) is 0 Å². The van der Waals surface area contributed by atoms with Crippen molar-refractivity contribution in [1.82, 2.24) is 5.06 Å². The second-order valence-electron chi connectivity index (χ2n) is 5.13. The first-order valence-electron chi connectivity index (χ1n) is 7.01. The van der Waals surface area contributed by atoms with Gasteiger partial charge in [0.05, 0.1) is 24.9 Å². The molecular weight excluding hydrogens is 242 g/mol. The lowest BCUT2D eigenvalue weighted by atomic mass is 10.0. The van der Waals surface area contributed by atoms with Crippen LogP contribution < -0.4 is 0 Å². The van der Waals surface area contributed by atoms with Crippen LogP contribution in [-0.4, -0.2) is 40.2 Å². The van der Waals surface area contributed by atoms with Crippen molar-refractivity contribution in [3.8, 4) is 0 Å². The van der Waals surface area contributed by atoms with Gasteiger partial charge in [0, 0.05) is 6.54 Å². The van der Waals surface area contributed by atoms with Crippen LogP contribution in [0.5, 0.6) is 0 Å². The molecule has 1 aliphatic rings. The van der Waals surface area contributed by atoms with Crippen molar-refractivity contribution in [3.05, 3.63) is 35.9 Å². The average Bonchev–Trinajstić information content (AvgIpc) is 2.79. The number of hydrogen-bond donors (Lipinski definition) is 2. The summed E-state index contributed by atoms with van der Waals surface area (Å²) in [6, 6.07) is 9.67. The fraction of sp³-hybridized carbons (Fsp3) is 0.600. The molecule has 0 aliphatic carbocycles. The molecular formula is C15H23NO3. The topological polar surface area (TPSA) is 52.9 Å². The number of aliphatic hydroxyl groups excluding tert-OH is 1. The van der Waals surface area contributed by atoms with Gasteiger partial charge in [0.25, 0.3) is 0 Å². The molecule has 1 aromatic carbocycles. The number of benzene rings is 1. The molecule has 1 heterocycles. The fourth-order valence-corrected chi connectivity index (χ4v) is 2.64. The van der Waals surface area contributed by atoms with Crippen LogP contribution in [0.2, 0.25) is 0 Å². The van der Waals surface area contributed by atoms with Gasteiger partial charge in [0.15, 0.2) is 0 Å². The number of nitrogens with zero attached hydrogens (tertiary/aromatic N) is 1. The smallest absolute Gasteiger partial charge is 0.0871 e. The minimum Gasteiger partial charge on any atom is -0.391 e. The van der Waals surface area contributed by atoms with Crippen LogP contribution in [0.3, 0.4) is 0 Å². The largest absolute Gasteiger partial charge is 0.391 e. The van der Waals surface area contributed by atoms with Crippen LogP contribution in [-0.2, 0) is 11.3 Å². The average molecular weight is 265 g/mol. The Labute approximate surface area is 114 Å². The Morgan fingerprint density at radius 1 is 1.37 bits per heavy atom. The quantitative estimate of drug-likeness (QED) is 0.828. The Kier molecular flexibility index (Phi) is 5.34. The molecule has 4 heteroatoms. The predicted octanol–water partition coefficient (Wildman–Crippen LogP) is 2.20. The van der Waals surface area contributed by atoms with E-state index in [0.29, 0.717) is 19.6 Å². The standard InChI is InChI=1S/C15H23NO3/c1-2-6-13(17)15-14(9-10-16(15)18)19-11-12-7-4-3-5-8-12/h3-5,7-8,13-15,17-18H,2,6,9-11H2,1H3/t13?,14-,15?/m0/s1. The third-order valence-corrected chi connectivity index (χ3v) is 3.65. The second kappa shape index (κ2) is 7.01. The van der Waals surface area contributed by atoms with Crippen LogP contribution >= 0.6 is 0 Å². The molecule has 106 valence electrons. The van der Waals surface area contributed by atoms with Gasteiger partial charge in [0.2, 0.25) is 0 Å². The second-order valence-corrected chi connectivity index (χ2v) is 5.13. The zero-order valence-electron chi connectivity index (χ0n) is 11.4. The summed E-state index contributed by atoms with van der Waals surface area (Å²) < 4.78 is 5.88. The summed E-state index contributed by atoms with van der Waals surface area (Å²) in [5.41, 5.74) is 1.11. The molecule has 1 fully saturated rings. The van der Waals surface area contributed by atoms with Crippen LogP contribution in [0.15, 0.2) is 30.3 Å². The molecule has 3 atom stereocenters. The van der Waals surface area contributed by atoms with Gasteiger partial charge in [-0.3, -0.25) is 0 Å². The molecule has 2 N–H and O–H groups in total. The fourth-order valence-electron chi connectivity index (χ4n) is 2.64. The first kappa shape index (κ1) is 14.5. The molecule has 1 aliphatic heterocycles. The van der Waals surface area contributed by atoms with Crippen molar-refractivity contribution in [3.63, 3.8) is 0 Å². The van der Waals surface area contributed by atoms with Gasteiger partial charge >= 0.3 is 0 Å². The van der Waals surface area contributed by atoms with Gasteiger partial charge in [-0.2, -0.15) is 5.06 Å². The summed E-state index contributed by atoms with van der Waals surface area (Å²) in [6.45, 7) is 3.11. The van der Waals surface area contributed by atoms with Crippen molar-refractivity contribution in [2.45, 2.75) is 51.0 Å². The third-order valence-electron chi connectivity index (χ3n) is 3.65. The monoisotopic (exact) mass is 265 g/mol. The first-order chi connectivity index (χ1) is 9.22. The van der Waals surface area contributed by atoms with Crippen molar-refractivity contribution in [2.24, 2.45) is 0 Å². The minimum atomic E-state index is -0.529. The van der Waals surface area contributed by atoms with Crippen molar-refractivity contribution in [2.75, 3.05) is 6.54 Å². The highest BCUT2D eigenvalue weighted by Crippen LogP contribution is 2.24. The Hall–Kier alpha value is -0.940. The van der Waals surface area contributed by atoms with E-state index < -0.39 is 6.10 Å². The van der Waals surface area contributed by atoms with Gasteiger partial charge < -0.3 is 15.1 Å². The van der Waals surface area contributed by atoms with E-state index in [1.54, 1.807) is 0 Å². The molecule has 0 amide bonds. The summed E-state index contributed by atoms with van der Waals surface area (Å²) in [6.07, 6.45) is 1.71. The summed E-state index contributed by atoms with van der Waals surface area (Å²) >= 11 is 0. The van der Waals surface area contributed by atoms with E-state index in [1.165, 1.54) is 5.06 Å². The molecule has 4 nitrogen and oxygen atoms in total. The van der Waals surface area contributed by atoms with Crippen LogP contribution in [0.1, 0.15) is 31.7 Å². The molecule has 1 saturated heterocycles. The molecule has 0 radical (unpaired) electrons. The van der Waals surface area contributed by atoms with E-state index in [1.807, 2.05) is 37.3 Å². The number of hydrogen-bond acceptors (Lipinski definition) is 4. The molecule has 19 heavy (non-hydrogen) atoms. The predicted molar refractivity (Wildman–Crippen MR) is 72.8 cm³/mol. The summed E-state index contributed by atoms with van der Waals surface area (Å²) in [5.74, 6) is 0. The lowest BCUT2D eigenvalue weighted by Gasteiger charge is -2.28. The maximum absolute atomic E-state index is 10.1. The summed E-state index contributed by atoms with van der Waals surface area (Å²) in [7, 11) is 0. The number of hydroxylamine groups is 2. The van der Waals surface area contributed by atoms with Gasteiger partial charge in [-0.1, -0.05) is 43.7 Å². The van der Waals surface area contributed by atoms with Crippen LogP contribution in [0.25, 0.3) is 0 Å². The highest BCUT2D eigenvalue weighted by atomic mass is 16.5. The lowest BCUT2D eigenvalue weighted by molar-refractivity contribution is -0.156. The maximum atomic E-state index is 10.1. The first-order valence-corrected chi connectivity index (χ1v) is 7.01. The zero-order chi connectivity index (χ0) is 13.7. The third kappa shape index (κ3) is 3.76. The highest BCUT2D eigenvalue weighted by molar-refractivity contribution is 5.13. The maximum Gasteiger partial charge on any atom is 0.0871 e. The SMILES string of the molecule is CCCC(O)C1[C@@H](OCc2ccccc2)CCN1O. The Bertz CT molecular complexity index is 371. The number of rotatable bonds is 6. The normalized spacial score (nSPS) is 25.6. The molecule has 0 spiro atoms. The van der Waals surface area contributed by atoms with E-state index in [-0.39, 0.29) is 12.1 Å². The number of aliphatic hydroxyl groups is 1. The molecule has 0 bridgehead atoms. The van der Waals surface area contributed by atoms with Crippen molar-refractivity contribution >= 4 is 0 Å². The van der Waals surface area contributed by atoms with Crippen LogP contribution in [0.4, 0.5) is 0 Å². The van der Waals surface area contributed by atoms with Gasteiger partial charge in [0.1, 0.15) is 0 Å². The van der Waals surface area contributed by atoms with E-state index in [0.717, 1.165) is 18.4 Å². The zero-order valence-corrected chi connectivity index (χ0v) is 11.4. The van der Waals surface area contributed by atoms with Crippen molar-refractivity contribution < 1.29 is 15.1 Å². The van der Waals surface area contributed by atoms with Crippen molar-refractivity contribution in [1.29, 1.82) is 0 Å². The van der Waals surface area contributed by atoms with E-state index in [4.69, 9.17) is 4.74 Å². The van der Waals surface area contributed by atoms with E-state index >= 15 is 0 Å². The Morgan fingerprint density at radius 3 is 2.79 bits per heavy atom. The van der Waals surface area contributed by atoms with E-state index in [9.17, 15) is 10.3 Å². The summed E-state index contributed by atoms with van der Waals surface area (Å²) in [4.78, 5) is 0. The summed E-state index contributed by atoms with van der Waals surface area (Å²) in [5, 5.41) is 21.2. The highest BCUT2D eigenvalue weighted by Gasteiger charge is 2.38. The Balaban J connectivity index is 1.91. The molecule has 2 unspecified atom stereocenters. The van der Waals surface area contributed by atoms with Gasteiger partial charge in [-0.25, -0.2) is 0 Å². The lowest BCUT2D eigenvalue weighted by Crippen LogP contribution is -2.44. The molecule has 2 rings (SSSR count). The number of ether oxygens (including phenoxy) is 1. The Morgan fingerprint density at radius 2 is 2.11 bits per heavy atom.